The highest BCUT2D eigenvalue weighted by Crippen LogP contribution is 2.30. The zero-order valence-electron chi connectivity index (χ0n) is 15.8. The molecular weight excluding hydrogens is 356 g/mol. The first-order valence-electron chi connectivity index (χ1n) is 9.22. The number of rotatable bonds is 8. The first-order valence-corrected chi connectivity index (χ1v) is 10.0. The Bertz CT molecular complexity index is 865. The maximum atomic E-state index is 12.6. The normalized spacial score (nSPS) is 12.1. The molecule has 5 nitrogen and oxygen atoms in total. The van der Waals surface area contributed by atoms with Gasteiger partial charge in [0.2, 0.25) is 0 Å². The largest absolute Gasteiger partial charge is 0.347 e. The quantitative estimate of drug-likeness (QED) is 0.626. The van der Waals surface area contributed by atoms with E-state index in [9.17, 15) is 4.79 Å². The molecule has 2 aromatic heterocycles. The minimum Gasteiger partial charge on any atom is -0.347 e. The van der Waals surface area contributed by atoms with E-state index in [0.717, 1.165) is 35.4 Å². The van der Waals surface area contributed by atoms with Crippen molar-refractivity contribution in [1.82, 2.24) is 15.1 Å². The maximum Gasteiger partial charge on any atom is 0.261 e. The van der Waals surface area contributed by atoms with E-state index in [1.807, 2.05) is 43.0 Å². The number of nitrogens with zero attached hydrogens (tertiary/aromatic N) is 2. The molecule has 0 radical (unpaired) electrons. The van der Waals surface area contributed by atoms with Crippen LogP contribution >= 0.6 is 11.3 Å². The topological polar surface area (TPSA) is 72.9 Å². The fourth-order valence-electron chi connectivity index (χ4n) is 3.19. The van der Waals surface area contributed by atoms with Gasteiger partial charge in [-0.1, -0.05) is 30.3 Å². The SMILES string of the molecule is Cc1cnn(C)c1-c1ccc(C(=O)NC(CN)CCCc2ccccc2)s1. The first kappa shape index (κ1) is 19.3. The van der Waals surface area contributed by atoms with Crippen LogP contribution in [0.25, 0.3) is 10.6 Å². The molecule has 3 N–H and O–H groups in total. The summed E-state index contributed by atoms with van der Waals surface area (Å²) < 4.78 is 1.84. The summed E-state index contributed by atoms with van der Waals surface area (Å²) in [5.74, 6) is -0.0544. The van der Waals surface area contributed by atoms with Crippen molar-refractivity contribution in [3.05, 3.63) is 64.7 Å². The summed E-state index contributed by atoms with van der Waals surface area (Å²) in [5, 5.41) is 7.35. The Morgan fingerprint density at radius 2 is 2.04 bits per heavy atom. The molecule has 1 atom stereocenters. The van der Waals surface area contributed by atoms with Crippen molar-refractivity contribution >= 4 is 17.2 Å². The van der Waals surface area contributed by atoms with E-state index in [1.54, 1.807) is 0 Å². The van der Waals surface area contributed by atoms with Gasteiger partial charge in [0.05, 0.1) is 21.6 Å². The number of amides is 1. The van der Waals surface area contributed by atoms with E-state index in [-0.39, 0.29) is 11.9 Å². The van der Waals surface area contributed by atoms with E-state index in [0.29, 0.717) is 11.4 Å². The number of carbonyl (C=O) groups is 1. The second-order valence-corrected chi connectivity index (χ2v) is 7.83. The highest BCUT2D eigenvalue weighted by Gasteiger charge is 2.17. The summed E-state index contributed by atoms with van der Waals surface area (Å²) in [4.78, 5) is 14.4. The third kappa shape index (κ3) is 4.84. The molecule has 2 heterocycles. The molecule has 0 saturated carbocycles. The van der Waals surface area contributed by atoms with Crippen LogP contribution in [0.5, 0.6) is 0 Å². The Labute approximate surface area is 164 Å². The standard InChI is InChI=1S/C21H26N4OS/c1-15-14-23-25(2)20(15)18-11-12-19(27-18)21(26)24-17(13-22)10-6-9-16-7-4-3-5-8-16/h3-5,7-8,11-12,14,17H,6,9-10,13,22H2,1-2H3,(H,24,26). The second kappa shape index (κ2) is 8.97. The molecule has 142 valence electrons. The summed E-state index contributed by atoms with van der Waals surface area (Å²) in [7, 11) is 1.92. The molecule has 0 spiro atoms. The van der Waals surface area contributed by atoms with E-state index < -0.39 is 0 Å². The number of benzene rings is 1. The van der Waals surface area contributed by atoms with Gasteiger partial charge in [-0.05, 0) is 49.4 Å². The van der Waals surface area contributed by atoms with Crippen LogP contribution in [0, 0.1) is 6.92 Å². The van der Waals surface area contributed by atoms with E-state index in [1.165, 1.54) is 16.9 Å². The van der Waals surface area contributed by atoms with Gasteiger partial charge in [0.1, 0.15) is 0 Å². The summed E-state index contributed by atoms with van der Waals surface area (Å²) in [6.45, 7) is 2.47. The fourth-order valence-corrected chi connectivity index (χ4v) is 4.24. The number of carbonyl (C=O) groups excluding carboxylic acids is 1. The molecule has 0 fully saturated rings. The van der Waals surface area contributed by atoms with Crippen LogP contribution in [0.2, 0.25) is 0 Å². The Morgan fingerprint density at radius 3 is 2.70 bits per heavy atom. The van der Waals surface area contributed by atoms with Crippen molar-refractivity contribution in [2.24, 2.45) is 12.8 Å². The number of aromatic nitrogens is 2. The van der Waals surface area contributed by atoms with Crippen molar-refractivity contribution in [2.45, 2.75) is 32.2 Å². The molecule has 1 aromatic carbocycles. The molecule has 6 heteroatoms. The van der Waals surface area contributed by atoms with Crippen LogP contribution in [0.3, 0.4) is 0 Å². The third-order valence-electron chi connectivity index (χ3n) is 4.67. The van der Waals surface area contributed by atoms with Crippen molar-refractivity contribution in [3.63, 3.8) is 0 Å². The zero-order valence-corrected chi connectivity index (χ0v) is 16.6. The van der Waals surface area contributed by atoms with Gasteiger partial charge >= 0.3 is 0 Å². The predicted octanol–water partition coefficient (Wildman–Crippen LogP) is 3.54. The highest BCUT2D eigenvalue weighted by atomic mass is 32.1. The Balaban J connectivity index is 1.57. The van der Waals surface area contributed by atoms with Gasteiger partial charge in [-0.2, -0.15) is 5.10 Å². The number of thiophene rings is 1. The molecule has 0 aliphatic heterocycles. The number of hydrogen-bond donors (Lipinski definition) is 2. The van der Waals surface area contributed by atoms with Crippen LogP contribution in [-0.4, -0.2) is 28.3 Å². The van der Waals surface area contributed by atoms with Crippen LogP contribution in [-0.2, 0) is 13.5 Å². The molecule has 0 saturated heterocycles. The average molecular weight is 383 g/mol. The highest BCUT2D eigenvalue weighted by molar-refractivity contribution is 7.17. The lowest BCUT2D eigenvalue weighted by Crippen LogP contribution is -2.39. The molecule has 0 bridgehead atoms. The Kier molecular flexibility index (Phi) is 6.42. The fraction of sp³-hybridized carbons (Fsp3) is 0.333. The molecule has 0 aliphatic rings. The maximum absolute atomic E-state index is 12.6. The van der Waals surface area contributed by atoms with Gasteiger partial charge in [0.25, 0.3) is 5.91 Å². The number of hydrogen-bond acceptors (Lipinski definition) is 4. The van der Waals surface area contributed by atoms with Crippen LogP contribution in [0.15, 0.2) is 48.7 Å². The molecule has 3 rings (SSSR count). The Hall–Kier alpha value is -2.44. The molecule has 1 unspecified atom stereocenters. The smallest absolute Gasteiger partial charge is 0.261 e. The summed E-state index contributed by atoms with van der Waals surface area (Å²) in [6, 6.07) is 14.2. The molecule has 0 aliphatic carbocycles. The summed E-state index contributed by atoms with van der Waals surface area (Å²) in [6.07, 6.45) is 4.70. The molecule has 3 aromatic rings. The third-order valence-corrected chi connectivity index (χ3v) is 5.76. The van der Waals surface area contributed by atoms with Crippen molar-refractivity contribution in [1.29, 1.82) is 0 Å². The van der Waals surface area contributed by atoms with E-state index in [4.69, 9.17) is 5.73 Å². The first-order chi connectivity index (χ1) is 13.1. The van der Waals surface area contributed by atoms with Gasteiger partial charge in [-0.15, -0.1) is 11.3 Å². The van der Waals surface area contributed by atoms with Crippen molar-refractivity contribution < 1.29 is 4.79 Å². The van der Waals surface area contributed by atoms with Gasteiger partial charge < -0.3 is 11.1 Å². The number of nitrogens with one attached hydrogen (secondary N) is 1. The minimum atomic E-state index is -0.0544. The lowest BCUT2D eigenvalue weighted by molar-refractivity contribution is 0.0940. The minimum absolute atomic E-state index is 0.00907. The van der Waals surface area contributed by atoms with Gasteiger partial charge in [-0.3, -0.25) is 9.48 Å². The van der Waals surface area contributed by atoms with Crippen LogP contribution < -0.4 is 11.1 Å². The Morgan fingerprint density at radius 1 is 1.26 bits per heavy atom. The lowest BCUT2D eigenvalue weighted by Gasteiger charge is -2.16. The van der Waals surface area contributed by atoms with Crippen molar-refractivity contribution in [3.8, 4) is 10.6 Å². The monoisotopic (exact) mass is 382 g/mol. The van der Waals surface area contributed by atoms with Crippen LogP contribution in [0.1, 0.15) is 33.6 Å². The zero-order chi connectivity index (χ0) is 19.2. The average Bonchev–Trinajstić information content (AvgIpc) is 3.28. The van der Waals surface area contributed by atoms with Gasteiger partial charge in [0.15, 0.2) is 0 Å². The van der Waals surface area contributed by atoms with Gasteiger partial charge in [-0.25, -0.2) is 0 Å². The molecular formula is C21H26N4OS. The second-order valence-electron chi connectivity index (χ2n) is 6.75. The number of nitrogens with two attached hydrogens (primary N) is 1. The lowest BCUT2D eigenvalue weighted by atomic mass is 10.0. The predicted molar refractivity (Wildman–Crippen MR) is 111 cm³/mol. The van der Waals surface area contributed by atoms with E-state index >= 15 is 0 Å². The summed E-state index contributed by atoms with van der Waals surface area (Å²) in [5.41, 5.74) is 9.35. The van der Waals surface area contributed by atoms with E-state index in [2.05, 4.69) is 34.7 Å². The van der Waals surface area contributed by atoms with Gasteiger partial charge in [0, 0.05) is 19.6 Å². The summed E-state index contributed by atoms with van der Waals surface area (Å²) >= 11 is 1.49. The van der Waals surface area contributed by atoms with Crippen molar-refractivity contribution in [2.75, 3.05) is 6.54 Å². The van der Waals surface area contributed by atoms with Crippen LogP contribution in [0.4, 0.5) is 0 Å². The molecule has 1 amide bonds. The number of aryl methyl sites for hydroxylation is 3. The molecule has 27 heavy (non-hydrogen) atoms.